The smallest absolute Gasteiger partial charge is 0.166 e. The van der Waals surface area contributed by atoms with Crippen LogP contribution in [0.1, 0.15) is 16.7 Å². The van der Waals surface area contributed by atoms with E-state index in [1.54, 1.807) is 24.3 Å². The molecular weight excluding hydrogens is 379 g/mol. The Labute approximate surface area is 145 Å². The lowest BCUT2D eigenvalue weighted by molar-refractivity contribution is -0.137. The third kappa shape index (κ3) is 3.90. The summed E-state index contributed by atoms with van der Waals surface area (Å²) in [7, 11) is 0. The third-order valence-electron chi connectivity index (χ3n) is 2.88. The van der Waals surface area contributed by atoms with E-state index in [2.05, 4.69) is 0 Å². The second-order valence-corrected chi connectivity index (χ2v) is 6.13. The van der Waals surface area contributed by atoms with Crippen molar-refractivity contribution in [2.45, 2.75) is 6.18 Å². The molecule has 116 valence electrons. The van der Waals surface area contributed by atoms with E-state index in [9.17, 15) is 13.2 Å². The molecule has 0 aromatic heterocycles. The first-order valence-electron chi connectivity index (χ1n) is 5.88. The summed E-state index contributed by atoms with van der Waals surface area (Å²) in [6, 6.07) is 9.91. The van der Waals surface area contributed by atoms with Gasteiger partial charge in [-0.05, 0) is 35.4 Å². The first kappa shape index (κ1) is 17.5. The van der Waals surface area contributed by atoms with Crippen molar-refractivity contribution in [1.82, 2.24) is 0 Å². The van der Waals surface area contributed by atoms with Crippen LogP contribution in [0.25, 0.3) is 5.57 Å². The van der Waals surface area contributed by atoms with E-state index < -0.39 is 16.8 Å². The fraction of sp³-hybridized carbons (Fsp3) is 0.0667. The van der Waals surface area contributed by atoms with E-state index in [0.29, 0.717) is 10.6 Å². The van der Waals surface area contributed by atoms with Crippen LogP contribution in [0, 0.1) is 0 Å². The lowest BCUT2D eigenvalue weighted by atomic mass is 9.98. The molecule has 0 saturated carbocycles. The Kier molecular flexibility index (Phi) is 5.33. The Morgan fingerprint density at radius 2 is 1.36 bits per heavy atom. The summed E-state index contributed by atoms with van der Waals surface area (Å²) in [5, 5.41) is 0.0956. The molecule has 0 aliphatic rings. The van der Waals surface area contributed by atoms with Crippen molar-refractivity contribution >= 4 is 52.0 Å². The van der Waals surface area contributed by atoms with Crippen LogP contribution in [0.2, 0.25) is 10.0 Å². The molecule has 7 heteroatoms. The number of halogens is 7. The second-order valence-electron chi connectivity index (χ2n) is 4.33. The second kappa shape index (κ2) is 6.71. The van der Waals surface area contributed by atoms with Gasteiger partial charge < -0.3 is 0 Å². The molecule has 0 N–H and O–H groups in total. The minimum Gasteiger partial charge on any atom is -0.166 e. The van der Waals surface area contributed by atoms with Gasteiger partial charge in [-0.1, -0.05) is 64.6 Å². The number of alkyl halides is 3. The van der Waals surface area contributed by atoms with Crippen molar-refractivity contribution in [1.29, 1.82) is 0 Å². The molecule has 0 spiro atoms. The maximum absolute atomic E-state index is 13.0. The molecule has 2 rings (SSSR count). The zero-order valence-electron chi connectivity index (χ0n) is 10.7. The molecule has 22 heavy (non-hydrogen) atoms. The van der Waals surface area contributed by atoms with E-state index >= 15 is 0 Å². The highest BCUT2D eigenvalue weighted by Gasteiger charge is 2.33. The third-order valence-corrected chi connectivity index (χ3v) is 3.84. The Morgan fingerprint density at radius 3 is 1.86 bits per heavy atom. The molecule has 0 aliphatic heterocycles. The van der Waals surface area contributed by atoms with Gasteiger partial charge in [0.2, 0.25) is 0 Å². The van der Waals surface area contributed by atoms with Gasteiger partial charge in [0, 0.05) is 10.6 Å². The van der Waals surface area contributed by atoms with E-state index in [4.69, 9.17) is 46.4 Å². The van der Waals surface area contributed by atoms with Gasteiger partial charge in [-0.15, -0.1) is 0 Å². The maximum atomic E-state index is 13.0. The molecule has 0 fully saturated rings. The highest BCUT2D eigenvalue weighted by molar-refractivity contribution is 6.59. The van der Waals surface area contributed by atoms with Gasteiger partial charge in [0.1, 0.15) is 4.49 Å². The zero-order valence-corrected chi connectivity index (χ0v) is 13.7. The summed E-state index contributed by atoms with van der Waals surface area (Å²) in [4.78, 5) is 0. The van der Waals surface area contributed by atoms with E-state index in [-0.39, 0.29) is 15.6 Å². The molecule has 0 amide bonds. The fourth-order valence-corrected chi connectivity index (χ4v) is 2.69. The van der Waals surface area contributed by atoms with Crippen LogP contribution in [0.5, 0.6) is 0 Å². The summed E-state index contributed by atoms with van der Waals surface area (Å²) >= 11 is 23.1. The number of benzene rings is 2. The van der Waals surface area contributed by atoms with Crippen LogP contribution in [0.15, 0.2) is 47.0 Å². The molecular formula is C15H7Cl4F3. The lowest BCUT2D eigenvalue weighted by Gasteiger charge is -2.14. The number of rotatable bonds is 2. The van der Waals surface area contributed by atoms with Crippen LogP contribution in [0.4, 0.5) is 13.2 Å². The van der Waals surface area contributed by atoms with Gasteiger partial charge in [-0.25, -0.2) is 0 Å². The van der Waals surface area contributed by atoms with Crippen LogP contribution in [-0.4, -0.2) is 0 Å². The molecule has 2 aromatic carbocycles. The Balaban J connectivity index is 2.61. The molecule has 0 atom stereocenters. The standard InChI is InChI=1S/C15H7Cl4F3/c16-10-4-1-8(2-5-10)13(14(18)19)9-3-6-12(17)11(7-9)15(20,21)22/h1-7H. The van der Waals surface area contributed by atoms with Crippen molar-refractivity contribution in [3.05, 3.63) is 73.7 Å². The van der Waals surface area contributed by atoms with Crippen molar-refractivity contribution in [2.75, 3.05) is 0 Å². The summed E-state index contributed by atoms with van der Waals surface area (Å²) in [6.45, 7) is 0. The van der Waals surface area contributed by atoms with Gasteiger partial charge in [-0.2, -0.15) is 13.2 Å². The van der Waals surface area contributed by atoms with Crippen LogP contribution in [0.3, 0.4) is 0 Å². The molecule has 2 aromatic rings. The topological polar surface area (TPSA) is 0 Å². The predicted octanol–water partition coefficient (Wildman–Crippen LogP) is 7.21. The van der Waals surface area contributed by atoms with E-state index in [0.717, 1.165) is 12.1 Å². The van der Waals surface area contributed by atoms with E-state index in [1.807, 2.05) is 0 Å². The van der Waals surface area contributed by atoms with Crippen molar-refractivity contribution < 1.29 is 13.2 Å². The predicted molar refractivity (Wildman–Crippen MR) is 85.6 cm³/mol. The summed E-state index contributed by atoms with van der Waals surface area (Å²) in [5.41, 5.74) is 0.0637. The zero-order chi connectivity index (χ0) is 16.5. The Morgan fingerprint density at radius 1 is 0.818 bits per heavy atom. The van der Waals surface area contributed by atoms with Gasteiger partial charge in [0.05, 0.1) is 10.6 Å². The molecule has 0 radical (unpaired) electrons. The highest BCUT2D eigenvalue weighted by Crippen LogP contribution is 2.39. The minimum absolute atomic E-state index is 0.155. The van der Waals surface area contributed by atoms with Crippen molar-refractivity contribution in [3.63, 3.8) is 0 Å². The fourth-order valence-electron chi connectivity index (χ4n) is 1.90. The van der Waals surface area contributed by atoms with Gasteiger partial charge in [0.25, 0.3) is 0 Å². The van der Waals surface area contributed by atoms with Crippen molar-refractivity contribution in [3.8, 4) is 0 Å². The monoisotopic (exact) mass is 384 g/mol. The van der Waals surface area contributed by atoms with Gasteiger partial charge >= 0.3 is 6.18 Å². The lowest BCUT2D eigenvalue weighted by Crippen LogP contribution is -2.06. The largest absolute Gasteiger partial charge is 0.417 e. The Bertz CT molecular complexity index is 715. The molecule has 0 saturated heterocycles. The molecule has 0 unspecified atom stereocenters. The van der Waals surface area contributed by atoms with Crippen LogP contribution in [-0.2, 0) is 6.18 Å². The summed E-state index contributed by atoms with van der Waals surface area (Å²) in [6.07, 6.45) is -4.57. The molecule has 0 nitrogen and oxygen atoms in total. The first-order chi connectivity index (χ1) is 10.2. The summed E-state index contributed by atoms with van der Waals surface area (Å²) in [5.74, 6) is 0. The van der Waals surface area contributed by atoms with Crippen LogP contribution >= 0.6 is 46.4 Å². The van der Waals surface area contributed by atoms with Gasteiger partial charge in [0.15, 0.2) is 0 Å². The SMILES string of the molecule is FC(F)(F)c1cc(C(=C(Cl)Cl)c2ccc(Cl)cc2)ccc1Cl. The van der Waals surface area contributed by atoms with Crippen LogP contribution < -0.4 is 0 Å². The van der Waals surface area contributed by atoms with Crippen molar-refractivity contribution in [2.24, 2.45) is 0 Å². The van der Waals surface area contributed by atoms with Gasteiger partial charge in [-0.3, -0.25) is 0 Å². The average molecular weight is 386 g/mol. The average Bonchev–Trinajstić information content (AvgIpc) is 2.41. The number of hydrogen-bond acceptors (Lipinski definition) is 0. The van der Waals surface area contributed by atoms with E-state index in [1.165, 1.54) is 6.07 Å². The maximum Gasteiger partial charge on any atom is 0.417 e. The molecule has 0 heterocycles. The first-order valence-corrected chi connectivity index (χ1v) is 7.39. The minimum atomic E-state index is -4.57. The molecule has 0 bridgehead atoms. The Hall–Kier alpha value is -0.870. The molecule has 0 aliphatic carbocycles. The highest BCUT2D eigenvalue weighted by atomic mass is 35.5. The summed E-state index contributed by atoms with van der Waals surface area (Å²) < 4.78 is 38.7. The normalized spacial score (nSPS) is 11.4. The number of hydrogen-bond donors (Lipinski definition) is 0. The quantitative estimate of drug-likeness (QED) is 0.512.